The van der Waals surface area contributed by atoms with Crippen LogP contribution in [-0.2, 0) is 11.2 Å². The van der Waals surface area contributed by atoms with E-state index in [1.54, 1.807) is 0 Å². The van der Waals surface area contributed by atoms with Crippen molar-refractivity contribution in [1.82, 2.24) is 5.32 Å². The molecule has 144 valence electrons. The summed E-state index contributed by atoms with van der Waals surface area (Å²) in [6.45, 7) is 0.766. The molecule has 28 heavy (non-hydrogen) atoms. The zero-order valence-electron chi connectivity index (χ0n) is 16.1. The highest BCUT2D eigenvalue weighted by molar-refractivity contribution is 5.78. The van der Waals surface area contributed by atoms with Crippen LogP contribution in [0, 0.1) is 0 Å². The van der Waals surface area contributed by atoms with Crippen LogP contribution >= 0.6 is 0 Å². The van der Waals surface area contributed by atoms with Crippen LogP contribution in [-0.4, -0.2) is 24.2 Å². The number of hydrogen-bond acceptors (Lipinski definition) is 2. The molecule has 3 aromatic rings. The number of aliphatic hydroxyl groups is 1. The largest absolute Gasteiger partial charge is 0.396 e. The third-order valence-electron chi connectivity index (χ3n) is 4.99. The fourth-order valence-electron chi connectivity index (χ4n) is 3.44. The predicted octanol–water partition coefficient (Wildman–Crippen LogP) is 4.57. The minimum atomic E-state index is 0.0308. The van der Waals surface area contributed by atoms with E-state index in [4.69, 9.17) is 0 Å². The first-order valence-electron chi connectivity index (χ1n) is 9.83. The fraction of sp³-hybridized carbons (Fsp3) is 0.240. The Hall–Kier alpha value is -2.91. The summed E-state index contributed by atoms with van der Waals surface area (Å²) in [5.41, 5.74) is 4.54. The third-order valence-corrected chi connectivity index (χ3v) is 4.99. The van der Waals surface area contributed by atoms with Crippen molar-refractivity contribution in [2.45, 2.75) is 25.2 Å². The molecule has 2 N–H and O–H groups in total. The van der Waals surface area contributed by atoms with Crippen LogP contribution in [0.2, 0.25) is 0 Å². The lowest BCUT2D eigenvalue weighted by Crippen LogP contribution is -2.27. The summed E-state index contributed by atoms with van der Waals surface area (Å²) < 4.78 is 0. The Kier molecular flexibility index (Phi) is 7.39. The van der Waals surface area contributed by atoms with Gasteiger partial charge in [0, 0.05) is 13.2 Å². The number of nitrogens with one attached hydrogen (secondary N) is 1. The Morgan fingerprint density at radius 3 is 2.04 bits per heavy atom. The Balaban J connectivity index is 1.48. The van der Waals surface area contributed by atoms with Gasteiger partial charge in [0.2, 0.25) is 5.91 Å². The summed E-state index contributed by atoms with van der Waals surface area (Å²) in [7, 11) is 0. The molecule has 0 heterocycles. The highest BCUT2D eigenvalue weighted by Crippen LogP contribution is 2.22. The lowest BCUT2D eigenvalue weighted by atomic mass is 9.93. The molecule has 0 saturated carbocycles. The molecule has 3 nitrogen and oxygen atoms in total. The smallest absolute Gasteiger partial charge is 0.224 e. The Bertz CT molecular complexity index is 845. The maximum Gasteiger partial charge on any atom is 0.224 e. The second-order valence-corrected chi connectivity index (χ2v) is 7.00. The van der Waals surface area contributed by atoms with Crippen LogP contribution in [0.3, 0.4) is 0 Å². The van der Waals surface area contributed by atoms with E-state index in [-0.39, 0.29) is 18.4 Å². The second-order valence-electron chi connectivity index (χ2n) is 7.00. The maximum absolute atomic E-state index is 12.3. The molecule has 0 aromatic heterocycles. The number of carbonyl (C=O) groups is 1. The Morgan fingerprint density at radius 1 is 0.786 bits per heavy atom. The van der Waals surface area contributed by atoms with Gasteiger partial charge in [-0.25, -0.2) is 0 Å². The van der Waals surface area contributed by atoms with Crippen LogP contribution in [0.1, 0.15) is 29.9 Å². The van der Waals surface area contributed by atoms with Crippen LogP contribution in [0.5, 0.6) is 0 Å². The number of amides is 1. The monoisotopic (exact) mass is 373 g/mol. The summed E-state index contributed by atoms with van der Waals surface area (Å²) in [5.74, 6) is 0.292. The number of benzene rings is 3. The highest BCUT2D eigenvalue weighted by atomic mass is 16.3. The Labute approximate surface area is 167 Å². The SMILES string of the molecule is O=C(Cc1ccc(-c2ccccc2)cc1)NCCC(CCO)c1ccccc1. The molecule has 3 rings (SSSR count). The van der Waals surface area contributed by atoms with Crippen molar-refractivity contribution in [2.75, 3.05) is 13.2 Å². The van der Waals surface area contributed by atoms with E-state index in [1.807, 2.05) is 48.5 Å². The molecule has 3 heteroatoms. The summed E-state index contributed by atoms with van der Waals surface area (Å²) in [4.78, 5) is 12.3. The van der Waals surface area contributed by atoms with Crippen molar-refractivity contribution in [1.29, 1.82) is 0 Å². The number of carbonyl (C=O) groups excluding carboxylic acids is 1. The normalized spacial score (nSPS) is 11.8. The van der Waals surface area contributed by atoms with Gasteiger partial charge in [-0.15, -0.1) is 0 Å². The van der Waals surface area contributed by atoms with Gasteiger partial charge in [-0.05, 0) is 41.0 Å². The van der Waals surface area contributed by atoms with Crippen LogP contribution < -0.4 is 5.32 Å². The van der Waals surface area contributed by atoms with Gasteiger partial charge >= 0.3 is 0 Å². The molecule has 0 aliphatic rings. The van der Waals surface area contributed by atoms with Crippen molar-refractivity contribution >= 4 is 5.91 Å². The molecule has 1 amide bonds. The maximum atomic E-state index is 12.3. The van der Waals surface area contributed by atoms with Crippen LogP contribution in [0.15, 0.2) is 84.9 Å². The van der Waals surface area contributed by atoms with E-state index >= 15 is 0 Å². The summed E-state index contributed by atoms with van der Waals surface area (Å²) in [5, 5.41) is 12.3. The highest BCUT2D eigenvalue weighted by Gasteiger charge is 2.11. The molecule has 0 radical (unpaired) electrons. The van der Waals surface area contributed by atoms with E-state index in [2.05, 4.69) is 41.7 Å². The van der Waals surface area contributed by atoms with Crippen LogP contribution in [0.4, 0.5) is 0 Å². The summed E-state index contributed by atoms with van der Waals surface area (Å²) in [6, 6.07) is 28.5. The summed E-state index contributed by atoms with van der Waals surface area (Å²) in [6.07, 6.45) is 1.91. The van der Waals surface area contributed by atoms with Gasteiger partial charge in [0.15, 0.2) is 0 Å². The van der Waals surface area contributed by atoms with Gasteiger partial charge in [-0.2, -0.15) is 0 Å². The molecule has 0 saturated heterocycles. The Morgan fingerprint density at radius 2 is 1.39 bits per heavy atom. The van der Waals surface area contributed by atoms with Crippen molar-refractivity contribution in [3.05, 3.63) is 96.1 Å². The third kappa shape index (κ3) is 5.80. The fourth-order valence-corrected chi connectivity index (χ4v) is 3.44. The zero-order valence-corrected chi connectivity index (χ0v) is 16.1. The minimum absolute atomic E-state index is 0.0308. The van der Waals surface area contributed by atoms with Crippen molar-refractivity contribution in [3.8, 4) is 11.1 Å². The van der Waals surface area contributed by atoms with Gasteiger partial charge in [0.05, 0.1) is 6.42 Å². The van der Waals surface area contributed by atoms with Gasteiger partial charge in [-0.3, -0.25) is 4.79 Å². The van der Waals surface area contributed by atoms with E-state index in [9.17, 15) is 9.90 Å². The summed E-state index contributed by atoms with van der Waals surface area (Å²) >= 11 is 0. The molecule has 3 aromatic carbocycles. The molecule has 0 fully saturated rings. The molecule has 1 atom stereocenters. The molecule has 0 aliphatic heterocycles. The first-order valence-corrected chi connectivity index (χ1v) is 9.83. The minimum Gasteiger partial charge on any atom is -0.396 e. The van der Waals surface area contributed by atoms with Crippen molar-refractivity contribution < 1.29 is 9.90 Å². The molecule has 0 bridgehead atoms. The zero-order chi connectivity index (χ0) is 19.6. The van der Waals surface area contributed by atoms with E-state index < -0.39 is 0 Å². The van der Waals surface area contributed by atoms with Crippen LogP contribution in [0.25, 0.3) is 11.1 Å². The first kappa shape index (κ1) is 19.8. The van der Waals surface area contributed by atoms with Gasteiger partial charge < -0.3 is 10.4 Å². The lowest BCUT2D eigenvalue weighted by molar-refractivity contribution is -0.120. The van der Waals surface area contributed by atoms with E-state index in [0.29, 0.717) is 19.4 Å². The van der Waals surface area contributed by atoms with Gasteiger partial charge in [0.1, 0.15) is 0 Å². The van der Waals surface area contributed by atoms with E-state index in [0.717, 1.165) is 17.5 Å². The van der Waals surface area contributed by atoms with Gasteiger partial charge in [-0.1, -0.05) is 84.9 Å². The number of aliphatic hydroxyl groups excluding tert-OH is 1. The van der Waals surface area contributed by atoms with E-state index in [1.165, 1.54) is 11.1 Å². The second kappa shape index (κ2) is 10.4. The molecule has 1 unspecified atom stereocenters. The molecule has 0 spiro atoms. The average molecular weight is 373 g/mol. The lowest BCUT2D eigenvalue weighted by Gasteiger charge is -2.16. The van der Waals surface area contributed by atoms with Crippen molar-refractivity contribution in [2.24, 2.45) is 0 Å². The topological polar surface area (TPSA) is 49.3 Å². The predicted molar refractivity (Wildman–Crippen MR) is 114 cm³/mol. The van der Waals surface area contributed by atoms with Crippen molar-refractivity contribution in [3.63, 3.8) is 0 Å². The van der Waals surface area contributed by atoms with Gasteiger partial charge in [0.25, 0.3) is 0 Å². The first-order chi connectivity index (χ1) is 13.8. The average Bonchev–Trinajstić information content (AvgIpc) is 2.75. The number of hydrogen-bond donors (Lipinski definition) is 2. The molecular weight excluding hydrogens is 346 g/mol. The molecule has 0 aliphatic carbocycles. The quantitative estimate of drug-likeness (QED) is 0.577. The molecular formula is C25H27NO2. The standard InChI is InChI=1S/C25H27NO2/c27-18-16-24(22-9-5-2-6-10-22)15-17-26-25(28)19-20-11-13-23(14-12-20)21-7-3-1-4-8-21/h1-14,24,27H,15-19H2,(H,26,28). The number of rotatable bonds is 9.